The van der Waals surface area contributed by atoms with E-state index in [9.17, 15) is 19.2 Å². The van der Waals surface area contributed by atoms with Crippen LogP contribution in [0.4, 0.5) is 0 Å². The summed E-state index contributed by atoms with van der Waals surface area (Å²) >= 11 is 0. The van der Waals surface area contributed by atoms with Gasteiger partial charge in [0.05, 0.1) is 6.42 Å². The maximum atomic E-state index is 13.2. The summed E-state index contributed by atoms with van der Waals surface area (Å²) in [6, 6.07) is 0. The van der Waals surface area contributed by atoms with E-state index < -0.39 is 11.4 Å². The molecular weight excluding hydrogens is 911 g/mol. The van der Waals surface area contributed by atoms with Crippen molar-refractivity contribution in [2.45, 2.75) is 297 Å². The van der Waals surface area contributed by atoms with Gasteiger partial charge < -0.3 is 23.8 Å². The number of hydrogen-bond donors (Lipinski definition) is 0. The van der Waals surface area contributed by atoms with Gasteiger partial charge in [0.1, 0.15) is 31.8 Å². The lowest BCUT2D eigenvalue weighted by Crippen LogP contribution is -2.44. The van der Waals surface area contributed by atoms with Gasteiger partial charge in [-0.15, -0.1) is 0 Å². The Kier molecular flexibility index (Phi) is 53.1. The summed E-state index contributed by atoms with van der Waals surface area (Å²) in [4.78, 5) is 54.4. The maximum absolute atomic E-state index is 13.2. The lowest BCUT2D eigenvalue weighted by molar-refractivity contribution is -0.170. The summed E-state index contributed by atoms with van der Waals surface area (Å²) in [5.74, 6) is -1.50. The highest BCUT2D eigenvalue weighted by Gasteiger charge is 2.38. The van der Waals surface area contributed by atoms with E-state index in [1.165, 1.54) is 135 Å². The maximum Gasteiger partial charge on any atom is 0.307 e. The molecule has 0 fully saturated rings. The summed E-state index contributed by atoms with van der Waals surface area (Å²) < 4.78 is 23.4. The molecule has 0 amide bonds. The van der Waals surface area contributed by atoms with Gasteiger partial charge >= 0.3 is 23.9 Å². The molecule has 0 saturated heterocycles. The van der Waals surface area contributed by atoms with Crippen molar-refractivity contribution in [3.63, 3.8) is 0 Å². The minimum Gasteiger partial charge on any atom is -0.465 e. The Bertz CT molecular complexity index is 1200. The van der Waals surface area contributed by atoms with Crippen molar-refractivity contribution in [3.05, 3.63) is 36.5 Å². The second-order valence-corrected chi connectivity index (χ2v) is 21.7. The van der Waals surface area contributed by atoms with Crippen LogP contribution in [0.2, 0.25) is 0 Å². The van der Waals surface area contributed by atoms with E-state index in [4.69, 9.17) is 18.9 Å². The first-order chi connectivity index (χ1) is 35.7. The van der Waals surface area contributed by atoms with Crippen LogP contribution in [0, 0.1) is 5.41 Å². The SMILES string of the molecule is CCCCCCCC/C=C\CCCCCCCC(=O)OCC(COC(=O)CCCCCCC/C=C\CCCCCCCC)(COC(=O)CCCCCCC/C=C\CCCCCCCC)COC(=O)CCN(C)C. The molecule has 9 nitrogen and oxygen atoms in total. The van der Waals surface area contributed by atoms with Gasteiger partial charge in [0.15, 0.2) is 0 Å². The molecule has 0 bridgehead atoms. The van der Waals surface area contributed by atoms with Crippen molar-refractivity contribution in [1.29, 1.82) is 0 Å². The molecule has 0 radical (unpaired) electrons. The number of unbranched alkanes of at least 4 members (excludes halogenated alkanes) is 33. The third-order valence-corrected chi connectivity index (χ3v) is 13.8. The van der Waals surface area contributed by atoms with E-state index in [1.807, 2.05) is 19.0 Å². The molecule has 0 aliphatic heterocycles. The molecule has 0 heterocycles. The molecule has 0 aromatic carbocycles. The first-order valence-corrected chi connectivity index (χ1v) is 30.9. The first-order valence-electron chi connectivity index (χ1n) is 30.9. The van der Waals surface area contributed by atoms with Crippen LogP contribution in [0.5, 0.6) is 0 Å². The van der Waals surface area contributed by atoms with Crippen LogP contribution in [0.1, 0.15) is 297 Å². The van der Waals surface area contributed by atoms with Crippen molar-refractivity contribution in [2.75, 3.05) is 47.1 Å². The van der Waals surface area contributed by atoms with Gasteiger partial charge in [0, 0.05) is 25.8 Å². The van der Waals surface area contributed by atoms with Crippen molar-refractivity contribution in [1.82, 2.24) is 4.90 Å². The number of rotatable bonds is 56. The predicted octanol–water partition coefficient (Wildman–Crippen LogP) is 18.2. The fourth-order valence-electron chi connectivity index (χ4n) is 8.81. The highest BCUT2D eigenvalue weighted by Crippen LogP contribution is 2.24. The van der Waals surface area contributed by atoms with Gasteiger partial charge in [-0.25, -0.2) is 0 Å². The molecule has 0 N–H and O–H groups in total. The molecule has 0 aliphatic carbocycles. The largest absolute Gasteiger partial charge is 0.465 e. The minimum atomic E-state index is -1.23. The smallest absolute Gasteiger partial charge is 0.307 e. The quantitative estimate of drug-likeness (QED) is 0.0255. The molecule has 0 spiro atoms. The zero-order valence-electron chi connectivity index (χ0n) is 48.6. The molecule has 0 atom stereocenters. The molecule has 0 aliphatic rings. The molecule has 426 valence electrons. The van der Waals surface area contributed by atoms with Gasteiger partial charge in [0.2, 0.25) is 0 Å². The zero-order chi connectivity index (χ0) is 53.4. The van der Waals surface area contributed by atoms with Gasteiger partial charge in [-0.3, -0.25) is 19.2 Å². The first kappa shape index (κ1) is 70.1. The third-order valence-electron chi connectivity index (χ3n) is 13.8. The van der Waals surface area contributed by atoms with E-state index in [0.717, 1.165) is 116 Å². The lowest BCUT2D eigenvalue weighted by Gasteiger charge is -2.31. The van der Waals surface area contributed by atoms with Crippen molar-refractivity contribution in [3.8, 4) is 0 Å². The molecule has 0 unspecified atom stereocenters. The van der Waals surface area contributed by atoms with Crippen molar-refractivity contribution < 1.29 is 38.1 Å². The molecular formula is C64H117NO8. The minimum absolute atomic E-state index is 0.170. The standard InChI is InChI=1S/C64H117NO8/c1-6-9-12-15-18-21-24-27-30-33-36-39-42-45-48-51-60(66)70-56-64(59-73-63(69)54-55-65(4)5,57-71-61(67)52-49-46-43-40-37-34-31-28-25-22-19-16-13-10-7-2)58-72-62(68)53-50-47-44-41-38-35-32-29-26-23-20-17-14-11-8-3/h27-32H,6-26,33-59H2,1-5H3/b30-27-,31-28-,32-29-. The Morgan fingerprint density at radius 1 is 0.301 bits per heavy atom. The number of carbonyl (C=O) groups is 4. The Morgan fingerprint density at radius 3 is 0.740 bits per heavy atom. The van der Waals surface area contributed by atoms with E-state index in [0.29, 0.717) is 6.54 Å². The summed E-state index contributed by atoms with van der Waals surface area (Å²) in [6.07, 6.45) is 60.6. The fraction of sp³-hybridized carbons (Fsp3) is 0.844. The molecule has 0 aromatic heterocycles. The van der Waals surface area contributed by atoms with E-state index >= 15 is 0 Å². The summed E-state index contributed by atoms with van der Waals surface area (Å²) in [5.41, 5.74) is -1.23. The molecule has 0 aromatic rings. The van der Waals surface area contributed by atoms with Gasteiger partial charge in [-0.05, 0) is 110 Å². The van der Waals surface area contributed by atoms with E-state index in [1.54, 1.807) is 0 Å². The average molecular weight is 1030 g/mol. The second kappa shape index (κ2) is 55.3. The van der Waals surface area contributed by atoms with E-state index in [2.05, 4.69) is 57.2 Å². The Labute approximate surface area is 451 Å². The summed E-state index contributed by atoms with van der Waals surface area (Å²) in [5, 5.41) is 0. The van der Waals surface area contributed by atoms with Crippen LogP contribution >= 0.6 is 0 Å². The highest BCUT2D eigenvalue weighted by atomic mass is 16.6. The predicted molar refractivity (Wildman–Crippen MR) is 308 cm³/mol. The lowest BCUT2D eigenvalue weighted by atomic mass is 9.92. The van der Waals surface area contributed by atoms with Crippen molar-refractivity contribution in [2.24, 2.45) is 5.41 Å². The number of carbonyl (C=O) groups excluding carboxylic acids is 4. The molecule has 9 heteroatoms. The second-order valence-electron chi connectivity index (χ2n) is 21.7. The number of allylic oxidation sites excluding steroid dienone is 6. The monoisotopic (exact) mass is 1030 g/mol. The molecule has 0 saturated carbocycles. The van der Waals surface area contributed by atoms with Gasteiger partial charge in [-0.1, -0.05) is 211 Å². The summed E-state index contributed by atoms with van der Waals surface area (Å²) in [6.45, 7) is 6.48. The Balaban J connectivity index is 5.23. The molecule has 73 heavy (non-hydrogen) atoms. The van der Waals surface area contributed by atoms with Gasteiger partial charge in [0.25, 0.3) is 0 Å². The highest BCUT2D eigenvalue weighted by molar-refractivity contribution is 5.71. The number of nitrogens with zero attached hydrogens (tertiary/aromatic N) is 1. The Hall–Kier alpha value is -2.94. The number of hydrogen-bond acceptors (Lipinski definition) is 9. The van der Waals surface area contributed by atoms with E-state index in [-0.39, 0.29) is 70.0 Å². The normalized spacial score (nSPS) is 12.0. The van der Waals surface area contributed by atoms with Gasteiger partial charge in [-0.2, -0.15) is 0 Å². The van der Waals surface area contributed by atoms with Crippen LogP contribution in [0.25, 0.3) is 0 Å². The molecule has 0 rings (SSSR count). The topological polar surface area (TPSA) is 108 Å². The fourth-order valence-corrected chi connectivity index (χ4v) is 8.81. The Morgan fingerprint density at radius 2 is 0.507 bits per heavy atom. The number of esters is 4. The van der Waals surface area contributed by atoms with Crippen LogP contribution in [0.3, 0.4) is 0 Å². The number of ether oxygens (including phenoxy) is 4. The van der Waals surface area contributed by atoms with Crippen LogP contribution in [-0.4, -0.2) is 75.8 Å². The zero-order valence-corrected chi connectivity index (χ0v) is 48.6. The van der Waals surface area contributed by atoms with Crippen LogP contribution in [0.15, 0.2) is 36.5 Å². The average Bonchev–Trinajstić information content (AvgIpc) is 3.38. The van der Waals surface area contributed by atoms with Crippen molar-refractivity contribution >= 4 is 23.9 Å². The van der Waals surface area contributed by atoms with Crippen LogP contribution < -0.4 is 0 Å². The summed E-state index contributed by atoms with van der Waals surface area (Å²) in [7, 11) is 3.77. The third kappa shape index (κ3) is 52.3. The van der Waals surface area contributed by atoms with Crippen LogP contribution in [-0.2, 0) is 38.1 Å².